The maximum Gasteiger partial charge on any atom is 0.405 e. The standard InChI is InChI=1S/C10H15O3P/c1-4-7-9-12-14(11,6-3)13-10-8-5-2/h3-5H,1-2,7-10H2. The zero-order valence-corrected chi connectivity index (χ0v) is 9.04. The van der Waals surface area contributed by atoms with E-state index in [1.165, 1.54) is 0 Å². The Morgan fingerprint density at radius 2 is 1.64 bits per heavy atom. The molecule has 0 saturated heterocycles. The normalized spacial score (nSPS) is 10.5. The molecule has 0 aromatic heterocycles. The second-order valence-corrected chi connectivity index (χ2v) is 4.22. The first-order chi connectivity index (χ1) is 6.68. The minimum atomic E-state index is -3.33. The lowest BCUT2D eigenvalue weighted by atomic mass is 10.5. The van der Waals surface area contributed by atoms with E-state index in [4.69, 9.17) is 15.5 Å². The van der Waals surface area contributed by atoms with Crippen LogP contribution in [0.3, 0.4) is 0 Å². The van der Waals surface area contributed by atoms with Crippen LogP contribution in [0.2, 0.25) is 0 Å². The van der Waals surface area contributed by atoms with Gasteiger partial charge >= 0.3 is 7.60 Å². The van der Waals surface area contributed by atoms with Gasteiger partial charge in [-0.25, -0.2) is 4.57 Å². The first-order valence-corrected chi connectivity index (χ1v) is 5.81. The maximum absolute atomic E-state index is 11.6. The van der Waals surface area contributed by atoms with E-state index >= 15 is 0 Å². The molecule has 0 saturated carbocycles. The highest BCUT2D eigenvalue weighted by Crippen LogP contribution is 2.46. The number of rotatable bonds is 8. The Balaban J connectivity index is 3.93. The average molecular weight is 214 g/mol. The molecular formula is C10H15O3P. The van der Waals surface area contributed by atoms with E-state index in [1.807, 2.05) is 5.66 Å². The largest absolute Gasteiger partial charge is 0.405 e. The van der Waals surface area contributed by atoms with Crippen LogP contribution in [-0.4, -0.2) is 13.2 Å². The topological polar surface area (TPSA) is 35.5 Å². The molecule has 3 nitrogen and oxygen atoms in total. The fourth-order valence-electron chi connectivity index (χ4n) is 0.624. The molecule has 0 N–H and O–H groups in total. The second kappa shape index (κ2) is 7.58. The third-order valence-corrected chi connectivity index (χ3v) is 2.69. The third kappa shape index (κ3) is 5.77. The van der Waals surface area contributed by atoms with Crippen molar-refractivity contribution in [1.29, 1.82) is 0 Å². The molecule has 0 rings (SSSR count). The predicted octanol–water partition coefficient (Wildman–Crippen LogP) is 2.96. The van der Waals surface area contributed by atoms with Crippen molar-refractivity contribution in [2.75, 3.05) is 13.2 Å². The van der Waals surface area contributed by atoms with Gasteiger partial charge in [-0.15, -0.1) is 19.6 Å². The van der Waals surface area contributed by atoms with Gasteiger partial charge in [0.2, 0.25) is 0 Å². The number of terminal acetylenes is 1. The molecule has 0 unspecified atom stereocenters. The second-order valence-electron chi connectivity index (χ2n) is 2.45. The molecule has 0 radical (unpaired) electrons. The van der Waals surface area contributed by atoms with Gasteiger partial charge in [0.25, 0.3) is 0 Å². The summed E-state index contributed by atoms with van der Waals surface area (Å²) in [5.41, 5.74) is 2.04. The lowest BCUT2D eigenvalue weighted by molar-refractivity contribution is 0.219. The molecule has 78 valence electrons. The maximum atomic E-state index is 11.6. The van der Waals surface area contributed by atoms with Crippen molar-refractivity contribution in [1.82, 2.24) is 0 Å². The van der Waals surface area contributed by atoms with Crippen molar-refractivity contribution in [2.24, 2.45) is 0 Å². The Kier molecular flexibility index (Phi) is 7.14. The van der Waals surface area contributed by atoms with Gasteiger partial charge in [-0.2, -0.15) is 0 Å². The van der Waals surface area contributed by atoms with Gasteiger partial charge in [-0.05, 0) is 12.8 Å². The van der Waals surface area contributed by atoms with E-state index in [-0.39, 0.29) is 13.2 Å². The predicted molar refractivity (Wildman–Crippen MR) is 58.0 cm³/mol. The molecule has 0 spiro atoms. The van der Waals surface area contributed by atoms with Crippen molar-refractivity contribution in [2.45, 2.75) is 12.8 Å². The highest BCUT2D eigenvalue weighted by molar-refractivity contribution is 7.59. The third-order valence-electron chi connectivity index (χ3n) is 1.32. The average Bonchev–Trinajstić information content (AvgIpc) is 2.19. The summed E-state index contributed by atoms with van der Waals surface area (Å²) in [4.78, 5) is 0. The van der Waals surface area contributed by atoms with Crippen molar-refractivity contribution in [3.05, 3.63) is 25.3 Å². The van der Waals surface area contributed by atoms with Gasteiger partial charge in [0.15, 0.2) is 0 Å². The van der Waals surface area contributed by atoms with Gasteiger partial charge in [0, 0.05) is 5.66 Å². The summed E-state index contributed by atoms with van der Waals surface area (Å²) in [6.07, 6.45) is 9.56. The van der Waals surface area contributed by atoms with E-state index < -0.39 is 7.60 Å². The summed E-state index contributed by atoms with van der Waals surface area (Å²) in [7, 11) is -3.33. The van der Waals surface area contributed by atoms with Crippen LogP contribution in [0, 0.1) is 12.1 Å². The van der Waals surface area contributed by atoms with Crippen LogP contribution >= 0.6 is 7.60 Å². The summed E-state index contributed by atoms with van der Waals surface area (Å²) in [5, 5.41) is 0. The molecule has 14 heavy (non-hydrogen) atoms. The Morgan fingerprint density at radius 1 is 1.21 bits per heavy atom. The summed E-state index contributed by atoms with van der Waals surface area (Å²) in [6.45, 7) is 7.54. The first-order valence-electron chi connectivity index (χ1n) is 4.27. The van der Waals surface area contributed by atoms with Crippen LogP contribution in [0.1, 0.15) is 12.8 Å². The van der Waals surface area contributed by atoms with Gasteiger partial charge < -0.3 is 0 Å². The summed E-state index contributed by atoms with van der Waals surface area (Å²) >= 11 is 0. The zero-order valence-electron chi connectivity index (χ0n) is 8.15. The molecule has 0 atom stereocenters. The fourth-order valence-corrected chi connectivity index (χ4v) is 1.54. The van der Waals surface area contributed by atoms with E-state index in [0.717, 1.165) is 0 Å². The highest BCUT2D eigenvalue weighted by atomic mass is 31.2. The highest BCUT2D eigenvalue weighted by Gasteiger charge is 2.19. The van der Waals surface area contributed by atoms with Crippen LogP contribution < -0.4 is 0 Å². The lowest BCUT2D eigenvalue weighted by Gasteiger charge is -2.11. The van der Waals surface area contributed by atoms with Crippen LogP contribution in [0.25, 0.3) is 0 Å². The lowest BCUT2D eigenvalue weighted by Crippen LogP contribution is -1.96. The van der Waals surface area contributed by atoms with E-state index in [0.29, 0.717) is 12.8 Å². The summed E-state index contributed by atoms with van der Waals surface area (Å²) < 4.78 is 21.5. The minimum Gasteiger partial charge on any atom is -0.299 e. The molecule has 0 bridgehead atoms. The first kappa shape index (κ1) is 13.2. The fraction of sp³-hybridized carbons (Fsp3) is 0.400. The van der Waals surface area contributed by atoms with Crippen molar-refractivity contribution in [3.63, 3.8) is 0 Å². The van der Waals surface area contributed by atoms with Gasteiger partial charge in [0.1, 0.15) is 0 Å². The Morgan fingerprint density at radius 3 is 1.93 bits per heavy atom. The van der Waals surface area contributed by atoms with E-state index in [2.05, 4.69) is 13.2 Å². The summed E-state index contributed by atoms with van der Waals surface area (Å²) in [6, 6.07) is 0. The molecule has 0 fully saturated rings. The van der Waals surface area contributed by atoms with Crippen LogP contribution in [0.5, 0.6) is 0 Å². The SMILES string of the molecule is C#CP(=O)(OCCC=C)OCCC=C. The van der Waals surface area contributed by atoms with Gasteiger partial charge in [-0.3, -0.25) is 9.05 Å². The number of hydrogen-bond donors (Lipinski definition) is 0. The molecule has 0 amide bonds. The molecule has 4 heteroatoms. The Bertz CT molecular complexity index is 247. The Hall–Kier alpha value is -0.810. The molecule has 0 aromatic rings. The van der Waals surface area contributed by atoms with Gasteiger partial charge in [-0.1, -0.05) is 12.2 Å². The quantitative estimate of drug-likeness (QED) is 0.270. The molecule has 0 aliphatic carbocycles. The van der Waals surface area contributed by atoms with Crippen molar-refractivity contribution < 1.29 is 13.6 Å². The zero-order chi connectivity index (χ0) is 10.9. The molecule has 0 aliphatic rings. The van der Waals surface area contributed by atoms with Crippen LogP contribution in [0.15, 0.2) is 25.3 Å². The molecule has 0 aromatic carbocycles. The smallest absolute Gasteiger partial charge is 0.299 e. The van der Waals surface area contributed by atoms with Crippen molar-refractivity contribution in [3.8, 4) is 12.1 Å². The van der Waals surface area contributed by atoms with Crippen LogP contribution in [0.4, 0.5) is 0 Å². The molecular weight excluding hydrogens is 199 g/mol. The van der Waals surface area contributed by atoms with Crippen LogP contribution in [-0.2, 0) is 13.6 Å². The van der Waals surface area contributed by atoms with Gasteiger partial charge in [0.05, 0.1) is 13.2 Å². The minimum absolute atomic E-state index is 0.263. The van der Waals surface area contributed by atoms with E-state index in [9.17, 15) is 4.57 Å². The number of hydrogen-bond acceptors (Lipinski definition) is 3. The summed E-state index contributed by atoms with van der Waals surface area (Å²) in [5.74, 6) is 0. The van der Waals surface area contributed by atoms with E-state index in [1.54, 1.807) is 12.2 Å². The molecule has 0 heterocycles. The Labute approximate surface area is 85.3 Å². The monoisotopic (exact) mass is 214 g/mol. The molecule has 0 aliphatic heterocycles. The van der Waals surface area contributed by atoms with Crippen molar-refractivity contribution >= 4 is 7.60 Å².